The van der Waals surface area contributed by atoms with Gasteiger partial charge in [-0.05, 0) is 31.7 Å². The Labute approximate surface area is 134 Å². The zero-order chi connectivity index (χ0) is 16.3. The van der Waals surface area contributed by atoms with E-state index in [1.165, 1.54) is 25.5 Å². The third-order valence-corrected chi connectivity index (χ3v) is 5.36. The predicted octanol–water partition coefficient (Wildman–Crippen LogP) is 2.71. The Bertz CT molecular complexity index is 593. The molecule has 126 valence electrons. The molecule has 0 saturated carbocycles. The van der Waals surface area contributed by atoms with Crippen LogP contribution in [0.25, 0.3) is 0 Å². The van der Waals surface area contributed by atoms with E-state index in [0.29, 0.717) is 18.5 Å². The number of sulfone groups is 1. The van der Waals surface area contributed by atoms with Crippen molar-refractivity contribution in [2.75, 3.05) is 12.8 Å². The van der Waals surface area contributed by atoms with Crippen LogP contribution in [0.5, 0.6) is 0 Å². The fraction of sp³-hybridized carbons (Fsp3) is 0.812. The van der Waals surface area contributed by atoms with Crippen molar-refractivity contribution in [3.8, 4) is 0 Å². The van der Waals surface area contributed by atoms with Crippen molar-refractivity contribution in [3.05, 3.63) is 11.9 Å². The molecule has 0 spiro atoms. The number of piperidine rings is 1. The molecule has 1 aromatic rings. The van der Waals surface area contributed by atoms with Crippen LogP contribution in [0.15, 0.2) is 11.4 Å². The highest BCUT2D eigenvalue weighted by atomic mass is 32.2. The smallest absolute Gasteiger partial charge is 0.227 e. The summed E-state index contributed by atoms with van der Waals surface area (Å²) in [5.74, 6) is 0.386. The van der Waals surface area contributed by atoms with Crippen LogP contribution in [0.2, 0.25) is 0 Å². The normalized spacial score (nSPS) is 20.7. The van der Waals surface area contributed by atoms with Gasteiger partial charge in [0.25, 0.3) is 0 Å². The van der Waals surface area contributed by atoms with Crippen LogP contribution in [-0.2, 0) is 22.9 Å². The summed E-state index contributed by atoms with van der Waals surface area (Å²) >= 11 is 0. The molecule has 6 heteroatoms. The summed E-state index contributed by atoms with van der Waals surface area (Å²) in [6.07, 6.45) is 7.92. The molecule has 1 unspecified atom stereocenters. The fourth-order valence-corrected chi connectivity index (χ4v) is 4.15. The van der Waals surface area contributed by atoms with E-state index in [4.69, 9.17) is 0 Å². The topological polar surface area (TPSA) is 55.2 Å². The predicted molar refractivity (Wildman–Crippen MR) is 88.5 cm³/mol. The summed E-state index contributed by atoms with van der Waals surface area (Å²) in [5.41, 5.74) is 1.02. The van der Waals surface area contributed by atoms with E-state index in [1.807, 2.05) is 4.57 Å². The van der Waals surface area contributed by atoms with Crippen molar-refractivity contribution in [2.45, 2.75) is 70.7 Å². The fourth-order valence-electron chi connectivity index (χ4n) is 3.31. The second-order valence-electron chi connectivity index (χ2n) is 6.84. The standard InChI is InChI=1S/C16H29N3O2S/c1-5-14-8-6-7-9-18(14)12-15-10-17-16(22(4,20)21)19(15)11-13(2)3/h10,13-14H,5-9,11-12H2,1-4H3. The first-order valence-corrected chi connectivity index (χ1v) is 10.2. The second kappa shape index (κ2) is 7.13. The minimum Gasteiger partial charge on any atom is -0.317 e. The van der Waals surface area contributed by atoms with Gasteiger partial charge in [-0.2, -0.15) is 0 Å². The van der Waals surface area contributed by atoms with Crippen molar-refractivity contribution in [1.82, 2.24) is 14.5 Å². The molecule has 1 fully saturated rings. The van der Waals surface area contributed by atoms with E-state index in [9.17, 15) is 8.42 Å². The van der Waals surface area contributed by atoms with Crippen LogP contribution in [0.1, 0.15) is 52.1 Å². The summed E-state index contributed by atoms with van der Waals surface area (Å²) in [4.78, 5) is 6.69. The lowest BCUT2D eigenvalue weighted by Gasteiger charge is -2.35. The number of nitrogens with zero attached hydrogens (tertiary/aromatic N) is 3. The first-order valence-electron chi connectivity index (χ1n) is 8.31. The van der Waals surface area contributed by atoms with Gasteiger partial charge in [0.1, 0.15) is 0 Å². The van der Waals surface area contributed by atoms with Crippen LogP contribution in [0, 0.1) is 5.92 Å². The molecule has 0 amide bonds. The Morgan fingerprint density at radius 2 is 2.09 bits per heavy atom. The molecule has 1 aliphatic heterocycles. The zero-order valence-corrected chi connectivity index (χ0v) is 15.1. The van der Waals surface area contributed by atoms with Crippen molar-refractivity contribution in [2.24, 2.45) is 5.92 Å². The summed E-state index contributed by atoms with van der Waals surface area (Å²) in [6.45, 7) is 9.03. The molecule has 1 aromatic heterocycles. The van der Waals surface area contributed by atoms with Gasteiger partial charge in [0, 0.05) is 25.4 Å². The van der Waals surface area contributed by atoms with Gasteiger partial charge in [-0.1, -0.05) is 27.2 Å². The molecule has 2 rings (SSSR count). The van der Waals surface area contributed by atoms with Crippen LogP contribution >= 0.6 is 0 Å². The number of hydrogen-bond donors (Lipinski definition) is 0. The molecule has 0 bridgehead atoms. The number of likely N-dealkylation sites (tertiary alicyclic amines) is 1. The molecule has 2 heterocycles. The molecule has 1 atom stereocenters. The average molecular weight is 327 g/mol. The Balaban J connectivity index is 2.28. The average Bonchev–Trinajstić information content (AvgIpc) is 2.81. The number of hydrogen-bond acceptors (Lipinski definition) is 4. The summed E-state index contributed by atoms with van der Waals surface area (Å²) in [7, 11) is -3.28. The number of imidazole rings is 1. The maximum absolute atomic E-state index is 12.0. The molecule has 0 aromatic carbocycles. The molecule has 0 aliphatic carbocycles. The number of rotatable bonds is 6. The maximum Gasteiger partial charge on any atom is 0.227 e. The summed E-state index contributed by atoms with van der Waals surface area (Å²) in [6, 6.07) is 0.609. The third kappa shape index (κ3) is 4.10. The van der Waals surface area contributed by atoms with Gasteiger partial charge in [0.2, 0.25) is 15.0 Å². The highest BCUT2D eigenvalue weighted by molar-refractivity contribution is 7.90. The van der Waals surface area contributed by atoms with E-state index in [0.717, 1.165) is 25.2 Å². The minimum absolute atomic E-state index is 0.209. The highest BCUT2D eigenvalue weighted by Crippen LogP contribution is 2.23. The Morgan fingerprint density at radius 3 is 2.68 bits per heavy atom. The summed E-state index contributed by atoms with van der Waals surface area (Å²) < 4.78 is 25.8. The minimum atomic E-state index is -3.28. The zero-order valence-electron chi connectivity index (χ0n) is 14.2. The largest absolute Gasteiger partial charge is 0.317 e. The van der Waals surface area contributed by atoms with Crippen LogP contribution < -0.4 is 0 Å². The lowest BCUT2D eigenvalue weighted by molar-refractivity contribution is 0.132. The molecular weight excluding hydrogens is 298 g/mol. The molecule has 22 heavy (non-hydrogen) atoms. The molecule has 0 radical (unpaired) electrons. The van der Waals surface area contributed by atoms with Gasteiger partial charge in [-0.15, -0.1) is 0 Å². The van der Waals surface area contributed by atoms with Gasteiger partial charge < -0.3 is 4.57 Å². The van der Waals surface area contributed by atoms with Gasteiger partial charge in [0.15, 0.2) is 0 Å². The Morgan fingerprint density at radius 1 is 1.36 bits per heavy atom. The number of aromatic nitrogens is 2. The van der Waals surface area contributed by atoms with E-state index < -0.39 is 9.84 Å². The van der Waals surface area contributed by atoms with E-state index in [-0.39, 0.29) is 5.16 Å². The van der Waals surface area contributed by atoms with Gasteiger partial charge in [-0.3, -0.25) is 4.90 Å². The van der Waals surface area contributed by atoms with Crippen LogP contribution in [0.4, 0.5) is 0 Å². The maximum atomic E-state index is 12.0. The summed E-state index contributed by atoms with van der Waals surface area (Å²) in [5, 5.41) is 0.209. The van der Waals surface area contributed by atoms with Crippen molar-refractivity contribution >= 4 is 9.84 Å². The third-order valence-electron chi connectivity index (χ3n) is 4.37. The van der Waals surface area contributed by atoms with Crippen molar-refractivity contribution in [1.29, 1.82) is 0 Å². The van der Waals surface area contributed by atoms with E-state index in [2.05, 4.69) is 30.7 Å². The molecule has 0 N–H and O–H groups in total. The van der Waals surface area contributed by atoms with E-state index in [1.54, 1.807) is 6.20 Å². The van der Waals surface area contributed by atoms with Crippen molar-refractivity contribution < 1.29 is 8.42 Å². The first kappa shape index (κ1) is 17.5. The first-order chi connectivity index (χ1) is 10.3. The molecule has 1 aliphatic rings. The lowest BCUT2D eigenvalue weighted by atomic mass is 10.00. The second-order valence-corrected chi connectivity index (χ2v) is 8.75. The van der Waals surface area contributed by atoms with Crippen molar-refractivity contribution in [3.63, 3.8) is 0 Å². The van der Waals surface area contributed by atoms with Crippen LogP contribution in [-0.4, -0.2) is 41.7 Å². The molecule has 5 nitrogen and oxygen atoms in total. The molecule has 1 saturated heterocycles. The monoisotopic (exact) mass is 327 g/mol. The van der Waals surface area contributed by atoms with Gasteiger partial charge >= 0.3 is 0 Å². The Hall–Kier alpha value is -0.880. The Kier molecular flexibility index (Phi) is 5.66. The van der Waals surface area contributed by atoms with E-state index >= 15 is 0 Å². The van der Waals surface area contributed by atoms with Crippen LogP contribution in [0.3, 0.4) is 0 Å². The lowest BCUT2D eigenvalue weighted by Crippen LogP contribution is -2.39. The van der Waals surface area contributed by atoms with Gasteiger partial charge in [-0.25, -0.2) is 13.4 Å². The highest BCUT2D eigenvalue weighted by Gasteiger charge is 2.25. The van der Waals surface area contributed by atoms with Gasteiger partial charge in [0.05, 0.1) is 11.9 Å². The SMILES string of the molecule is CCC1CCCCN1Cc1cnc(S(C)(=O)=O)n1CC(C)C. The molecular formula is C16H29N3O2S. The quantitative estimate of drug-likeness (QED) is 0.806.